The van der Waals surface area contributed by atoms with E-state index in [9.17, 15) is 22.0 Å². The van der Waals surface area contributed by atoms with Crippen LogP contribution in [0, 0.1) is 24.5 Å². The molecule has 118 valence electrons. The molecule has 8 heteroatoms. The number of carboxylic acids is 1. The largest absolute Gasteiger partial charge is 0.480 e. The number of rotatable bonds is 6. The van der Waals surface area contributed by atoms with Gasteiger partial charge in [0.15, 0.2) is 0 Å². The van der Waals surface area contributed by atoms with Gasteiger partial charge in [-0.25, -0.2) is 17.2 Å². The minimum atomic E-state index is -4.39. The average Bonchev–Trinajstić information content (AvgIpc) is 2.31. The lowest BCUT2D eigenvalue weighted by molar-refractivity contribution is -0.139. The van der Waals surface area contributed by atoms with Crippen LogP contribution in [0.25, 0.3) is 0 Å². The van der Waals surface area contributed by atoms with Gasteiger partial charge in [0.05, 0.1) is 0 Å². The number of benzene rings is 1. The van der Waals surface area contributed by atoms with Gasteiger partial charge in [-0.15, -0.1) is 0 Å². The van der Waals surface area contributed by atoms with E-state index in [-0.39, 0.29) is 17.9 Å². The third-order valence-electron chi connectivity index (χ3n) is 2.81. The summed E-state index contributed by atoms with van der Waals surface area (Å²) in [6.45, 7) is 4.75. The molecule has 0 saturated heterocycles. The van der Waals surface area contributed by atoms with Gasteiger partial charge < -0.3 is 5.11 Å². The molecule has 1 rings (SSSR count). The number of aryl methyl sites for hydroxylation is 1. The lowest BCUT2D eigenvalue weighted by Crippen LogP contribution is -2.41. The lowest BCUT2D eigenvalue weighted by atomic mass is 10.1. The maximum Gasteiger partial charge on any atom is 0.321 e. The predicted molar refractivity (Wildman–Crippen MR) is 72.3 cm³/mol. The highest BCUT2D eigenvalue weighted by molar-refractivity contribution is 7.89. The zero-order chi connectivity index (χ0) is 16.4. The molecule has 5 nitrogen and oxygen atoms in total. The molecule has 0 heterocycles. The van der Waals surface area contributed by atoms with E-state index in [1.807, 2.05) is 4.72 Å². The molecule has 0 fully saturated rings. The van der Waals surface area contributed by atoms with Crippen molar-refractivity contribution in [2.24, 2.45) is 5.92 Å². The molecule has 0 bridgehead atoms. The first kappa shape index (κ1) is 17.5. The average molecular weight is 321 g/mol. The van der Waals surface area contributed by atoms with Crippen molar-refractivity contribution in [1.29, 1.82) is 0 Å². The maximum atomic E-state index is 13.6. The van der Waals surface area contributed by atoms with Crippen molar-refractivity contribution < 1.29 is 27.1 Å². The van der Waals surface area contributed by atoms with Crippen LogP contribution in [0.3, 0.4) is 0 Å². The standard InChI is InChI=1S/C13H17F2NO4S/c1-7(2)4-11(13(17)18)16-21(19,20)12-5-8(3)9(14)6-10(12)15/h5-7,11,16H,4H2,1-3H3,(H,17,18)/t11-/m1/s1. The molecule has 0 aliphatic rings. The Bertz CT molecular complexity index is 644. The molecular weight excluding hydrogens is 304 g/mol. The van der Waals surface area contributed by atoms with Gasteiger partial charge in [-0.05, 0) is 30.9 Å². The van der Waals surface area contributed by atoms with Gasteiger partial charge in [0.2, 0.25) is 10.0 Å². The Balaban J connectivity index is 3.16. The van der Waals surface area contributed by atoms with Crippen LogP contribution in [0.15, 0.2) is 17.0 Å². The smallest absolute Gasteiger partial charge is 0.321 e. The summed E-state index contributed by atoms with van der Waals surface area (Å²) in [5.74, 6) is -3.57. The Labute approximate surface area is 122 Å². The van der Waals surface area contributed by atoms with Crippen LogP contribution in [0.5, 0.6) is 0 Å². The van der Waals surface area contributed by atoms with Crippen LogP contribution >= 0.6 is 0 Å². The SMILES string of the molecule is Cc1cc(S(=O)(=O)N[C@H](CC(C)C)C(=O)O)c(F)cc1F. The predicted octanol–water partition coefficient (Wildman–Crippen LogP) is 2.05. The Kier molecular flexibility index (Phi) is 5.41. The van der Waals surface area contributed by atoms with E-state index in [1.54, 1.807) is 13.8 Å². The van der Waals surface area contributed by atoms with Gasteiger partial charge in [-0.2, -0.15) is 4.72 Å². The van der Waals surface area contributed by atoms with E-state index < -0.39 is 38.6 Å². The highest BCUT2D eigenvalue weighted by Gasteiger charge is 2.28. The molecule has 1 aromatic rings. The van der Waals surface area contributed by atoms with Crippen LogP contribution in [-0.2, 0) is 14.8 Å². The fourth-order valence-corrected chi connectivity index (χ4v) is 3.10. The molecule has 0 unspecified atom stereocenters. The summed E-state index contributed by atoms with van der Waals surface area (Å²) in [5.41, 5.74) is -0.0486. The molecule has 2 N–H and O–H groups in total. The Morgan fingerprint density at radius 3 is 2.33 bits per heavy atom. The van der Waals surface area contributed by atoms with E-state index in [4.69, 9.17) is 5.11 Å². The summed E-state index contributed by atoms with van der Waals surface area (Å²) >= 11 is 0. The van der Waals surface area contributed by atoms with E-state index >= 15 is 0 Å². The van der Waals surface area contributed by atoms with Crippen LogP contribution < -0.4 is 4.72 Å². The number of carboxylic acid groups (broad SMARTS) is 1. The van der Waals surface area contributed by atoms with Crippen LogP contribution in [0.4, 0.5) is 8.78 Å². The third kappa shape index (κ3) is 4.47. The van der Waals surface area contributed by atoms with Crippen molar-refractivity contribution in [3.05, 3.63) is 29.3 Å². The van der Waals surface area contributed by atoms with Crippen LogP contribution in [0.1, 0.15) is 25.8 Å². The molecule has 21 heavy (non-hydrogen) atoms. The second-order valence-corrected chi connectivity index (χ2v) is 6.86. The molecule has 0 aliphatic carbocycles. The van der Waals surface area contributed by atoms with E-state index in [2.05, 4.69) is 0 Å². The second kappa shape index (κ2) is 6.48. The van der Waals surface area contributed by atoms with Crippen LogP contribution in [-0.4, -0.2) is 25.5 Å². The number of aliphatic carboxylic acids is 1. The van der Waals surface area contributed by atoms with Gasteiger partial charge in [-0.3, -0.25) is 4.79 Å². The van der Waals surface area contributed by atoms with Crippen molar-refractivity contribution in [3.63, 3.8) is 0 Å². The first-order valence-corrected chi connectivity index (χ1v) is 7.73. The number of hydrogen-bond acceptors (Lipinski definition) is 3. The molecule has 0 aliphatic heterocycles. The van der Waals surface area contributed by atoms with Crippen LogP contribution in [0.2, 0.25) is 0 Å². The Hall–Kier alpha value is -1.54. The number of hydrogen-bond donors (Lipinski definition) is 2. The van der Waals surface area contributed by atoms with Gasteiger partial charge in [0.1, 0.15) is 22.6 Å². The molecule has 1 aromatic carbocycles. The molecule has 0 saturated carbocycles. The molecule has 0 aromatic heterocycles. The molecule has 1 atom stereocenters. The highest BCUT2D eigenvalue weighted by atomic mass is 32.2. The zero-order valence-corrected chi connectivity index (χ0v) is 12.7. The van der Waals surface area contributed by atoms with Gasteiger partial charge in [-0.1, -0.05) is 13.8 Å². The van der Waals surface area contributed by atoms with Gasteiger partial charge in [0, 0.05) is 6.07 Å². The van der Waals surface area contributed by atoms with Crippen molar-refractivity contribution in [1.82, 2.24) is 4.72 Å². The minimum Gasteiger partial charge on any atom is -0.480 e. The van der Waals surface area contributed by atoms with Gasteiger partial charge in [0.25, 0.3) is 0 Å². The summed E-state index contributed by atoms with van der Waals surface area (Å²) < 4.78 is 52.9. The summed E-state index contributed by atoms with van der Waals surface area (Å²) in [4.78, 5) is 10.3. The third-order valence-corrected chi connectivity index (χ3v) is 4.29. The summed E-state index contributed by atoms with van der Waals surface area (Å²) in [6, 6.07) is -0.0802. The fourth-order valence-electron chi connectivity index (χ4n) is 1.76. The quantitative estimate of drug-likeness (QED) is 0.840. The normalized spacial score (nSPS) is 13.4. The fraction of sp³-hybridized carbons (Fsp3) is 0.462. The molecule has 0 amide bonds. The van der Waals surface area contributed by atoms with E-state index in [1.165, 1.54) is 6.92 Å². The Morgan fingerprint density at radius 1 is 1.29 bits per heavy atom. The first-order valence-electron chi connectivity index (χ1n) is 6.25. The van der Waals surface area contributed by atoms with Crippen molar-refractivity contribution in [3.8, 4) is 0 Å². The van der Waals surface area contributed by atoms with E-state index in [0.717, 1.165) is 6.07 Å². The van der Waals surface area contributed by atoms with E-state index in [0.29, 0.717) is 6.07 Å². The molecule has 0 radical (unpaired) electrons. The number of halogens is 2. The van der Waals surface area contributed by atoms with Gasteiger partial charge >= 0.3 is 5.97 Å². The number of sulfonamides is 1. The van der Waals surface area contributed by atoms with Crippen molar-refractivity contribution in [2.45, 2.75) is 38.1 Å². The Morgan fingerprint density at radius 2 is 1.86 bits per heavy atom. The highest BCUT2D eigenvalue weighted by Crippen LogP contribution is 2.20. The summed E-state index contributed by atoms with van der Waals surface area (Å²) in [6.07, 6.45) is 0.0519. The monoisotopic (exact) mass is 321 g/mol. The number of carbonyl (C=O) groups is 1. The number of nitrogens with one attached hydrogen (secondary N) is 1. The summed E-state index contributed by atoms with van der Waals surface area (Å²) in [5, 5.41) is 9.02. The zero-order valence-electron chi connectivity index (χ0n) is 11.9. The molecule has 0 spiro atoms. The molecular formula is C13H17F2NO4S. The lowest BCUT2D eigenvalue weighted by Gasteiger charge is -2.17. The van der Waals surface area contributed by atoms with Crippen molar-refractivity contribution >= 4 is 16.0 Å². The first-order chi connectivity index (χ1) is 9.54. The van der Waals surface area contributed by atoms with Crippen molar-refractivity contribution in [2.75, 3.05) is 0 Å². The summed E-state index contributed by atoms with van der Waals surface area (Å²) in [7, 11) is -4.39. The topological polar surface area (TPSA) is 83.5 Å². The minimum absolute atomic E-state index is 0.0486. The second-order valence-electron chi connectivity index (χ2n) is 5.17. The maximum absolute atomic E-state index is 13.6.